The maximum Gasteiger partial charge on any atom is 0.110 e. The molecule has 0 aliphatic carbocycles. The van der Waals surface area contributed by atoms with E-state index < -0.39 is 5.41 Å². The van der Waals surface area contributed by atoms with Gasteiger partial charge in [0.05, 0.1) is 0 Å². The maximum atomic E-state index is 5.97. The Labute approximate surface area is 139 Å². The summed E-state index contributed by atoms with van der Waals surface area (Å²) in [4.78, 5) is 2.36. The molecule has 0 saturated heterocycles. The van der Waals surface area contributed by atoms with E-state index in [0.717, 1.165) is 5.56 Å². The molecule has 3 aromatic rings. The summed E-state index contributed by atoms with van der Waals surface area (Å²) in [6.07, 6.45) is 6.59. The van der Waals surface area contributed by atoms with Crippen molar-refractivity contribution in [3.8, 4) is 24.2 Å². The van der Waals surface area contributed by atoms with Crippen molar-refractivity contribution in [2.24, 2.45) is 0 Å². The van der Waals surface area contributed by atoms with Gasteiger partial charge in [0, 0.05) is 21.7 Å². The van der Waals surface area contributed by atoms with Crippen LogP contribution in [0.15, 0.2) is 65.4 Å². The third-order valence-corrected chi connectivity index (χ3v) is 5.55. The average molecular weight is 318 g/mol. The van der Waals surface area contributed by atoms with Crippen molar-refractivity contribution in [2.75, 3.05) is 0 Å². The van der Waals surface area contributed by atoms with Gasteiger partial charge in [-0.3, -0.25) is 0 Å². The molecule has 0 radical (unpaired) electrons. The molecule has 22 heavy (non-hydrogen) atoms. The molecule has 0 aliphatic heterocycles. The molecule has 2 heterocycles. The molecule has 0 bridgehead atoms. The van der Waals surface area contributed by atoms with E-state index >= 15 is 0 Å². The molecule has 0 spiro atoms. The lowest BCUT2D eigenvalue weighted by Gasteiger charge is -2.24. The number of thiophene rings is 2. The number of benzene rings is 1. The zero-order valence-corrected chi connectivity index (χ0v) is 13.6. The zero-order chi connectivity index (χ0) is 15.3. The quantitative estimate of drug-likeness (QED) is 0.584. The first kappa shape index (κ1) is 14.7. The number of hydrogen-bond acceptors (Lipinski definition) is 2. The topological polar surface area (TPSA) is 0 Å². The van der Waals surface area contributed by atoms with Crippen molar-refractivity contribution in [3.63, 3.8) is 0 Å². The van der Waals surface area contributed by atoms with Crippen molar-refractivity contribution in [1.29, 1.82) is 0 Å². The Morgan fingerprint density at radius 1 is 0.864 bits per heavy atom. The van der Waals surface area contributed by atoms with Gasteiger partial charge in [0.15, 0.2) is 0 Å². The normalized spacial score (nSPS) is 10.5. The Morgan fingerprint density at radius 3 is 2.00 bits per heavy atom. The van der Waals surface area contributed by atoms with Crippen LogP contribution in [0.5, 0.6) is 0 Å². The molecular weight excluding hydrogens is 304 g/mol. The van der Waals surface area contributed by atoms with Gasteiger partial charge in [0.25, 0.3) is 0 Å². The summed E-state index contributed by atoms with van der Waals surface area (Å²) in [5.41, 5.74) is 0.579. The molecule has 0 fully saturated rings. The van der Waals surface area contributed by atoms with Crippen molar-refractivity contribution in [2.45, 2.75) is 11.8 Å². The lowest BCUT2D eigenvalue weighted by molar-refractivity contribution is 0.725. The molecule has 0 saturated carbocycles. The predicted octanol–water partition coefficient (Wildman–Crippen LogP) is 5.17. The van der Waals surface area contributed by atoms with Gasteiger partial charge >= 0.3 is 0 Å². The van der Waals surface area contributed by atoms with Gasteiger partial charge in [-0.05, 0) is 35.0 Å². The van der Waals surface area contributed by atoms with E-state index in [1.165, 1.54) is 9.75 Å². The Hall–Kier alpha value is -2.26. The molecule has 0 aliphatic rings. The molecule has 1 aromatic carbocycles. The van der Waals surface area contributed by atoms with Gasteiger partial charge in [-0.25, -0.2) is 0 Å². The first-order valence-electron chi connectivity index (χ1n) is 6.95. The lowest BCUT2D eigenvalue weighted by Crippen LogP contribution is -2.22. The smallest absolute Gasteiger partial charge is 0.110 e. The Morgan fingerprint density at radius 2 is 1.50 bits per heavy atom. The van der Waals surface area contributed by atoms with Crippen LogP contribution in [-0.4, -0.2) is 0 Å². The highest BCUT2D eigenvalue weighted by Crippen LogP contribution is 2.39. The van der Waals surface area contributed by atoms with E-state index in [1.807, 2.05) is 42.5 Å². The average Bonchev–Trinajstić information content (AvgIpc) is 3.26. The molecule has 2 aromatic heterocycles. The first-order valence-corrected chi connectivity index (χ1v) is 8.71. The fraction of sp³-hybridized carbons (Fsp3) is 0.100. The van der Waals surface area contributed by atoms with Crippen molar-refractivity contribution >= 4 is 22.7 Å². The van der Waals surface area contributed by atoms with E-state index in [2.05, 4.69) is 40.7 Å². The largest absolute Gasteiger partial charge is 0.147 e. The fourth-order valence-electron chi connectivity index (χ4n) is 2.33. The van der Waals surface area contributed by atoms with Crippen LogP contribution < -0.4 is 0 Å². The monoisotopic (exact) mass is 318 g/mol. The second kappa shape index (κ2) is 6.67. The number of hydrogen-bond donors (Lipinski definition) is 0. The minimum atomic E-state index is -0.440. The first-order chi connectivity index (χ1) is 10.8. The highest BCUT2D eigenvalue weighted by atomic mass is 32.1. The highest BCUT2D eigenvalue weighted by Gasteiger charge is 2.33. The SMILES string of the molecule is C#CC(CC#Cc1ccccc1)(c1cccs1)c1cccs1. The number of rotatable bonds is 3. The molecule has 106 valence electrons. The molecule has 0 nitrogen and oxygen atoms in total. The summed E-state index contributed by atoms with van der Waals surface area (Å²) in [6, 6.07) is 18.3. The summed E-state index contributed by atoms with van der Waals surface area (Å²) in [5.74, 6) is 9.54. The molecule has 0 atom stereocenters. The third kappa shape index (κ3) is 2.85. The van der Waals surface area contributed by atoms with Crippen LogP contribution in [0, 0.1) is 24.2 Å². The van der Waals surface area contributed by atoms with Crippen molar-refractivity contribution in [1.82, 2.24) is 0 Å². The van der Waals surface area contributed by atoms with Gasteiger partial charge in [0.2, 0.25) is 0 Å². The lowest BCUT2D eigenvalue weighted by atomic mass is 9.82. The summed E-state index contributed by atoms with van der Waals surface area (Å²) >= 11 is 3.39. The van der Waals surface area contributed by atoms with Crippen LogP contribution in [-0.2, 0) is 5.41 Å². The standard InChI is InChI=1S/C20H14S2/c1-2-20(18-12-7-15-21-18,19-13-8-16-22-19)14-6-11-17-9-4-3-5-10-17/h1,3-5,7-10,12-13,15-16H,14H2. The highest BCUT2D eigenvalue weighted by molar-refractivity contribution is 7.11. The third-order valence-electron chi connectivity index (χ3n) is 3.49. The van der Waals surface area contributed by atoms with Crippen LogP contribution in [0.3, 0.4) is 0 Å². The van der Waals surface area contributed by atoms with Crippen LogP contribution in [0.4, 0.5) is 0 Å². The van der Waals surface area contributed by atoms with Gasteiger partial charge in [-0.2, -0.15) is 0 Å². The van der Waals surface area contributed by atoms with Crippen LogP contribution in [0.1, 0.15) is 21.7 Å². The minimum absolute atomic E-state index is 0.440. The van der Waals surface area contributed by atoms with Crippen molar-refractivity contribution < 1.29 is 0 Å². The van der Waals surface area contributed by atoms with E-state index in [1.54, 1.807) is 22.7 Å². The fourth-order valence-corrected chi connectivity index (χ4v) is 4.20. The molecule has 3 rings (SSSR count). The Kier molecular flexibility index (Phi) is 4.45. The zero-order valence-electron chi connectivity index (χ0n) is 12.0. The Bertz CT molecular complexity index is 773. The molecule has 0 unspecified atom stereocenters. The van der Waals surface area contributed by atoms with E-state index in [9.17, 15) is 0 Å². The molecular formula is C20H14S2. The van der Waals surface area contributed by atoms with Crippen molar-refractivity contribution in [3.05, 3.63) is 80.7 Å². The second-order valence-corrected chi connectivity index (χ2v) is 6.74. The predicted molar refractivity (Wildman–Crippen MR) is 96.2 cm³/mol. The van der Waals surface area contributed by atoms with Crippen LogP contribution in [0.2, 0.25) is 0 Å². The molecule has 0 N–H and O–H groups in total. The summed E-state index contributed by atoms with van der Waals surface area (Å²) in [7, 11) is 0. The maximum absolute atomic E-state index is 5.97. The van der Waals surface area contributed by atoms with Crippen LogP contribution in [0.25, 0.3) is 0 Å². The van der Waals surface area contributed by atoms with Gasteiger partial charge < -0.3 is 0 Å². The summed E-state index contributed by atoms with van der Waals surface area (Å²) in [6.45, 7) is 0. The van der Waals surface area contributed by atoms with Crippen LogP contribution >= 0.6 is 22.7 Å². The van der Waals surface area contributed by atoms with Gasteiger partial charge in [-0.15, -0.1) is 29.1 Å². The van der Waals surface area contributed by atoms with E-state index in [0.29, 0.717) is 6.42 Å². The minimum Gasteiger partial charge on any atom is -0.147 e. The Balaban J connectivity index is 1.98. The summed E-state index contributed by atoms with van der Waals surface area (Å²) < 4.78 is 0. The number of terminal acetylenes is 1. The van der Waals surface area contributed by atoms with E-state index in [4.69, 9.17) is 6.42 Å². The molecule has 2 heteroatoms. The van der Waals surface area contributed by atoms with Gasteiger partial charge in [-0.1, -0.05) is 48.1 Å². The summed E-state index contributed by atoms with van der Waals surface area (Å²) in [5, 5.41) is 4.14. The second-order valence-electron chi connectivity index (χ2n) is 4.85. The van der Waals surface area contributed by atoms with E-state index in [-0.39, 0.29) is 0 Å². The van der Waals surface area contributed by atoms with Gasteiger partial charge in [0.1, 0.15) is 5.41 Å². The molecule has 0 amide bonds.